The number of aromatic nitrogens is 4. The molecule has 0 fully saturated rings. The maximum Gasteiger partial charge on any atom is 0.325 e. The minimum absolute atomic E-state index is 0.0710. The molecule has 0 bridgehead atoms. The van der Waals surface area contributed by atoms with Gasteiger partial charge in [0.25, 0.3) is 0 Å². The third kappa shape index (κ3) is 4.53. The van der Waals surface area contributed by atoms with Gasteiger partial charge in [-0.15, -0.1) is 16.4 Å². The fraction of sp³-hybridized carbons (Fsp3) is 0.364. The molecule has 0 aromatic carbocycles. The smallest absolute Gasteiger partial charge is 0.325 e. The van der Waals surface area contributed by atoms with Crippen LogP contribution in [-0.4, -0.2) is 54.9 Å². The van der Waals surface area contributed by atoms with E-state index in [9.17, 15) is 9.59 Å². The molecule has 21 heavy (non-hydrogen) atoms. The molecular formula is C11H13N5O3S2. The van der Waals surface area contributed by atoms with Crippen LogP contribution in [0.2, 0.25) is 0 Å². The summed E-state index contributed by atoms with van der Waals surface area (Å²) in [6.45, 7) is 0.228. The zero-order valence-electron chi connectivity index (χ0n) is 11.2. The lowest BCUT2D eigenvalue weighted by molar-refractivity contribution is -0.138. The molecule has 0 unspecified atom stereocenters. The van der Waals surface area contributed by atoms with Crippen LogP contribution < -0.4 is 0 Å². The molecule has 0 saturated heterocycles. The number of carbonyl (C=O) groups is 2. The van der Waals surface area contributed by atoms with Gasteiger partial charge in [-0.05, 0) is 21.9 Å². The summed E-state index contributed by atoms with van der Waals surface area (Å²) in [6, 6.07) is 3.90. The number of hydrogen-bond donors (Lipinski definition) is 1. The van der Waals surface area contributed by atoms with Crippen LogP contribution in [0.3, 0.4) is 0 Å². The molecule has 0 saturated carbocycles. The minimum Gasteiger partial charge on any atom is -0.480 e. The Bertz CT molecular complexity index is 613. The molecular weight excluding hydrogens is 314 g/mol. The molecule has 2 aromatic heterocycles. The summed E-state index contributed by atoms with van der Waals surface area (Å²) in [4.78, 5) is 25.4. The molecule has 2 rings (SSSR count). The van der Waals surface area contributed by atoms with E-state index < -0.39 is 5.97 Å². The molecule has 10 heteroatoms. The van der Waals surface area contributed by atoms with Crippen molar-refractivity contribution >= 4 is 35.0 Å². The second-order valence-corrected chi connectivity index (χ2v) is 6.11. The summed E-state index contributed by atoms with van der Waals surface area (Å²) < 4.78 is 1.15. The molecule has 2 aromatic rings. The predicted octanol–water partition coefficient (Wildman–Crippen LogP) is 0.570. The van der Waals surface area contributed by atoms with E-state index >= 15 is 0 Å². The van der Waals surface area contributed by atoms with Gasteiger partial charge in [-0.25, -0.2) is 4.68 Å². The van der Waals surface area contributed by atoms with E-state index in [2.05, 4.69) is 15.5 Å². The minimum atomic E-state index is -1.04. The monoisotopic (exact) mass is 327 g/mol. The fourth-order valence-electron chi connectivity index (χ4n) is 1.49. The molecule has 112 valence electrons. The van der Waals surface area contributed by atoms with Crippen molar-refractivity contribution in [3.63, 3.8) is 0 Å². The fourth-order valence-corrected chi connectivity index (χ4v) is 3.06. The van der Waals surface area contributed by atoms with Gasteiger partial charge in [-0.2, -0.15) is 0 Å². The second kappa shape index (κ2) is 7.18. The normalized spacial score (nSPS) is 10.5. The lowest BCUT2D eigenvalue weighted by atomic mass is 10.4. The summed E-state index contributed by atoms with van der Waals surface area (Å²) >= 11 is 2.71. The van der Waals surface area contributed by atoms with Gasteiger partial charge in [0.2, 0.25) is 11.1 Å². The number of thiophene rings is 1. The standard InChI is InChI=1S/C11H13N5O3S2/c1-15(5-8-3-2-4-20-8)9(17)7-21-11-12-13-14-16(11)6-10(18)19/h2-4H,5-7H2,1H3,(H,18,19). The van der Waals surface area contributed by atoms with Gasteiger partial charge in [0, 0.05) is 11.9 Å². The Kier molecular flexibility index (Phi) is 5.28. The average molecular weight is 327 g/mol. The quantitative estimate of drug-likeness (QED) is 0.742. The van der Waals surface area contributed by atoms with Crippen LogP contribution in [0, 0.1) is 0 Å². The number of carboxylic acids is 1. The van der Waals surface area contributed by atoms with Gasteiger partial charge in [-0.1, -0.05) is 17.8 Å². The first-order valence-corrected chi connectivity index (χ1v) is 7.80. The highest BCUT2D eigenvalue weighted by Crippen LogP contribution is 2.16. The molecule has 0 radical (unpaired) electrons. The van der Waals surface area contributed by atoms with Gasteiger partial charge < -0.3 is 10.0 Å². The van der Waals surface area contributed by atoms with E-state index in [-0.39, 0.29) is 18.2 Å². The molecule has 0 aliphatic heterocycles. The molecule has 0 spiro atoms. The number of nitrogens with zero attached hydrogens (tertiary/aromatic N) is 5. The summed E-state index contributed by atoms with van der Waals surface area (Å²) in [7, 11) is 1.73. The van der Waals surface area contributed by atoms with Crippen molar-refractivity contribution < 1.29 is 14.7 Å². The van der Waals surface area contributed by atoms with E-state index in [0.29, 0.717) is 11.7 Å². The lowest BCUT2D eigenvalue weighted by Crippen LogP contribution is -2.27. The van der Waals surface area contributed by atoms with Gasteiger partial charge in [-0.3, -0.25) is 9.59 Å². The third-order valence-electron chi connectivity index (χ3n) is 2.51. The van der Waals surface area contributed by atoms with Gasteiger partial charge >= 0.3 is 5.97 Å². The van der Waals surface area contributed by atoms with Crippen molar-refractivity contribution in [2.24, 2.45) is 0 Å². The van der Waals surface area contributed by atoms with Crippen molar-refractivity contribution in [2.45, 2.75) is 18.2 Å². The van der Waals surface area contributed by atoms with Crippen LogP contribution in [0.25, 0.3) is 0 Å². The number of carbonyl (C=O) groups excluding carboxylic acids is 1. The Labute approximate surface area is 128 Å². The first-order valence-electron chi connectivity index (χ1n) is 5.93. The molecule has 8 nitrogen and oxygen atoms in total. The number of amides is 1. The first-order chi connectivity index (χ1) is 10.1. The van der Waals surface area contributed by atoms with E-state index in [1.807, 2.05) is 17.5 Å². The van der Waals surface area contributed by atoms with Crippen molar-refractivity contribution in [1.82, 2.24) is 25.1 Å². The van der Waals surface area contributed by atoms with Crippen molar-refractivity contribution in [3.05, 3.63) is 22.4 Å². The second-order valence-electron chi connectivity index (χ2n) is 4.13. The molecule has 0 aliphatic carbocycles. The van der Waals surface area contributed by atoms with Crippen LogP contribution in [0.4, 0.5) is 0 Å². The van der Waals surface area contributed by atoms with Gasteiger partial charge in [0.15, 0.2) is 0 Å². The summed E-state index contributed by atoms with van der Waals surface area (Å²) in [5.74, 6) is -0.953. The number of hydrogen-bond acceptors (Lipinski definition) is 7. The average Bonchev–Trinajstić information content (AvgIpc) is 3.07. The number of thioether (sulfide) groups is 1. The van der Waals surface area contributed by atoms with Crippen molar-refractivity contribution in [3.8, 4) is 0 Å². The zero-order chi connectivity index (χ0) is 15.2. The highest BCUT2D eigenvalue weighted by atomic mass is 32.2. The molecule has 1 N–H and O–H groups in total. The number of tetrazole rings is 1. The van der Waals surface area contributed by atoms with E-state index in [0.717, 1.165) is 21.3 Å². The van der Waals surface area contributed by atoms with Crippen LogP contribution >= 0.6 is 23.1 Å². The molecule has 0 atom stereocenters. The maximum absolute atomic E-state index is 12.0. The first kappa shape index (κ1) is 15.4. The van der Waals surface area contributed by atoms with E-state index in [4.69, 9.17) is 5.11 Å². The highest BCUT2D eigenvalue weighted by Gasteiger charge is 2.15. The third-order valence-corrected chi connectivity index (χ3v) is 4.31. The Morgan fingerprint density at radius 2 is 2.33 bits per heavy atom. The Balaban J connectivity index is 1.86. The largest absolute Gasteiger partial charge is 0.480 e. The summed E-state index contributed by atoms with van der Waals surface area (Å²) in [5.41, 5.74) is 0. The molecule has 2 heterocycles. The molecule has 0 aliphatic rings. The lowest BCUT2D eigenvalue weighted by Gasteiger charge is -2.15. The Morgan fingerprint density at radius 3 is 3.00 bits per heavy atom. The van der Waals surface area contributed by atoms with Crippen LogP contribution in [-0.2, 0) is 22.7 Å². The topological polar surface area (TPSA) is 101 Å². The van der Waals surface area contributed by atoms with Crippen molar-refractivity contribution in [2.75, 3.05) is 12.8 Å². The van der Waals surface area contributed by atoms with Crippen LogP contribution in [0.1, 0.15) is 4.88 Å². The Hall–Kier alpha value is -1.94. The zero-order valence-corrected chi connectivity index (χ0v) is 12.8. The highest BCUT2D eigenvalue weighted by molar-refractivity contribution is 7.99. The van der Waals surface area contributed by atoms with Crippen molar-refractivity contribution in [1.29, 1.82) is 0 Å². The van der Waals surface area contributed by atoms with Crippen LogP contribution in [0.5, 0.6) is 0 Å². The summed E-state index contributed by atoms with van der Waals surface area (Å²) in [6.07, 6.45) is 0. The SMILES string of the molecule is CN(Cc1cccs1)C(=O)CSc1nnnn1CC(=O)O. The van der Waals surface area contributed by atoms with E-state index in [1.54, 1.807) is 23.3 Å². The number of aliphatic carboxylic acids is 1. The summed E-state index contributed by atoms with van der Waals surface area (Å²) in [5, 5.41) is 21.7. The Morgan fingerprint density at radius 1 is 1.52 bits per heavy atom. The number of rotatable bonds is 7. The molecule has 1 amide bonds. The van der Waals surface area contributed by atoms with Crippen LogP contribution in [0.15, 0.2) is 22.7 Å². The maximum atomic E-state index is 12.0. The predicted molar refractivity (Wildman–Crippen MR) is 77.0 cm³/mol. The van der Waals surface area contributed by atoms with Gasteiger partial charge in [0.1, 0.15) is 6.54 Å². The number of carboxylic acid groups (broad SMARTS) is 1. The van der Waals surface area contributed by atoms with Gasteiger partial charge in [0.05, 0.1) is 12.3 Å². The van der Waals surface area contributed by atoms with E-state index in [1.165, 1.54) is 0 Å².